The fourth-order valence-electron chi connectivity index (χ4n) is 2.61. The Hall–Kier alpha value is -1.62. The first-order valence-electron chi connectivity index (χ1n) is 7.28. The van der Waals surface area contributed by atoms with Crippen molar-refractivity contribution in [1.29, 1.82) is 0 Å². The Balaban J connectivity index is 1.69. The molecule has 1 aliphatic rings. The van der Waals surface area contributed by atoms with Gasteiger partial charge in [0.05, 0.1) is 11.5 Å². The van der Waals surface area contributed by atoms with E-state index in [-0.39, 0.29) is 5.69 Å². The van der Waals surface area contributed by atoms with Crippen molar-refractivity contribution in [2.24, 2.45) is 0 Å². The van der Waals surface area contributed by atoms with Gasteiger partial charge in [0, 0.05) is 24.7 Å². The van der Waals surface area contributed by atoms with Gasteiger partial charge in [-0.05, 0) is 44.9 Å². The van der Waals surface area contributed by atoms with Crippen molar-refractivity contribution in [3.05, 3.63) is 34.4 Å². The number of hydrogen-bond acceptors (Lipinski definition) is 4. The minimum Gasteiger partial charge on any atom is -0.494 e. The summed E-state index contributed by atoms with van der Waals surface area (Å²) in [5.74, 6) is 0.697. The first-order chi connectivity index (χ1) is 9.66. The van der Waals surface area contributed by atoms with Crippen LogP contribution in [-0.2, 0) is 0 Å². The molecule has 20 heavy (non-hydrogen) atoms. The number of nitro benzene ring substituents is 1. The number of piperidine rings is 1. The molecule has 0 aromatic heterocycles. The van der Waals surface area contributed by atoms with Crippen LogP contribution in [0.3, 0.4) is 0 Å². The molecular formula is C15H22N2O3. The molecule has 5 heteroatoms. The summed E-state index contributed by atoms with van der Waals surface area (Å²) in [5.41, 5.74) is 0.0968. The topological polar surface area (TPSA) is 55.6 Å². The van der Waals surface area contributed by atoms with Crippen LogP contribution in [0.15, 0.2) is 24.3 Å². The van der Waals surface area contributed by atoms with Crippen molar-refractivity contribution in [3.63, 3.8) is 0 Å². The molecule has 0 amide bonds. The van der Waals surface area contributed by atoms with Crippen molar-refractivity contribution < 1.29 is 9.66 Å². The zero-order valence-corrected chi connectivity index (χ0v) is 12.0. The molecule has 0 N–H and O–H groups in total. The van der Waals surface area contributed by atoms with Gasteiger partial charge in [0.2, 0.25) is 0 Å². The molecule has 1 atom stereocenters. The second-order valence-corrected chi connectivity index (χ2v) is 5.33. The Morgan fingerprint density at radius 1 is 1.35 bits per heavy atom. The molecule has 1 aromatic carbocycles. The Morgan fingerprint density at radius 3 is 2.75 bits per heavy atom. The maximum Gasteiger partial charge on any atom is 0.269 e. The van der Waals surface area contributed by atoms with E-state index in [9.17, 15) is 10.1 Å². The quantitative estimate of drug-likeness (QED) is 0.455. The monoisotopic (exact) mass is 278 g/mol. The number of non-ortho nitro benzene ring substituents is 1. The van der Waals surface area contributed by atoms with Crippen LogP contribution in [0.2, 0.25) is 0 Å². The summed E-state index contributed by atoms with van der Waals surface area (Å²) in [7, 11) is 0. The van der Waals surface area contributed by atoms with E-state index >= 15 is 0 Å². The number of nitro groups is 1. The second kappa shape index (κ2) is 7.24. The number of likely N-dealkylation sites (tertiary alicyclic amines) is 1. The molecule has 1 aliphatic heterocycles. The van der Waals surface area contributed by atoms with Gasteiger partial charge in [-0.2, -0.15) is 0 Å². The summed E-state index contributed by atoms with van der Waals surface area (Å²) in [6, 6.07) is 6.94. The van der Waals surface area contributed by atoms with Crippen LogP contribution >= 0.6 is 0 Å². The van der Waals surface area contributed by atoms with Crippen molar-refractivity contribution in [1.82, 2.24) is 4.90 Å². The molecular weight excluding hydrogens is 256 g/mol. The summed E-state index contributed by atoms with van der Waals surface area (Å²) in [6.07, 6.45) is 4.93. The molecule has 0 bridgehead atoms. The van der Waals surface area contributed by atoms with Crippen molar-refractivity contribution in [2.75, 3.05) is 19.7 Å². The summed E-state index contributed by atoms with van der Waals surface area (Å²) in [5, 5.41) is 10.5. The van der Waals surface area contributed by atoms with Gasteiger partial charge in [-0.3, -0.25) is 10.1 Å². The van der Waals surface area contributed by atoms with Crippen molar-refractivity contribution >= 4 is 5.69 Å². The van der Waals surface area contributed by atoms with E-state index in [2.05, 4.69) is 11.8 Å². The first kappa shape index (κ1) is 14.8. The number of nitrogens with zero attached hydrogens (tertiary/aromatic N) is 2. The summed E-state index contributed by atoms with van der Waals surface area (Å²) in [4.78, 5) is 12.7. The van der Waals surface area contributed by atoms with Crippen LogP contribution in [0.4, 0.5) is 5.69 Å². The van der Waals surface area contributed by atoms with Gasteiger partial charge in [0.25, 0.3) is 5.69 Å². The largest absolute Gasteiger partial charge is 0.494 e. The van der Waals surface area contributed by atoms with Gasteiger partial charge < -0.3 is 9.64 Å². The molecule has 1 unspecified atom stereocenters. The highest BCUT2D eigenvalue weighted by atomic mass is 16.6. The zero-order valence-electron chi connectivity index (χ0n) is 12.0. The summed E-state index contributed by atoms with van der Waals surface area (Å²) in [6.45, 7) is 5.20. The third-order valence-electron chi connectivity index (χ3n) is 3.85. The maximum atomic E-state index is 10.5. The number of hydrogen-bond donors (Lipinski definition) is 0. The molecule has 0 saturated carbocycles. The highest BCUT2D eigenvalue weighted by Gasteiger charge is 2.17. The lowest BCUT2D eigenvalue weighted by Gasteiger charge is -2.33. The van der Waals surface area contributed by atoms with Gasteiger partial charge in [-0.15, -0.1) is 0 Å². The Bertz CT molecular complexity index is 433. The lowest BCUT2D eigenvalue weighted by Crippen LogP contribution is -2.38. The molecule has 1 heterocycles. The molecule has 0 aliphatic carbocycles. The molecule has 110 valence electrons. The van der Waals surface area contributed by atoms with Crippen LogP contribution in [0.1, 0.15) is 32.6 Å². The minimum absolute atomic E-state index is 0.0968. The molecule has 2 rings (SSSR count). The van der Waals surface area contributed by atoms with E-state index in [1.165, 1.54) is 37.9 Å². The van der Waals surface area contributed by atoms with E-state index in [0.29, 0.717) is 18.4 Å². The van der Waals surface area contributed by atoms with Crippen LogP contribution in [0.5, 0.6) is 5.75 Å². The lowest BCUT2D eigenvalue weighted by atomic mass is 10.0. The van der Waals surface area contributed by atoms with Gasteiger partial charge in [-0.1, -0.05) is 6.42 Å². The molecule has 1 saturated heterocycles. The van der Waals surface area contributed by atoms with Crippen LogP contribution in [0, 0.1) is 10.1 Å². The van der Waals surface area contributed by atoms with Gasteiger partial charge in [0.15, 0.2) is 0 Å². The Morgan fingerprint density at radius 2 is 2.10 bits per heavy atom. The highest BCUT2D eigenvalue weighted by molar-refractivity contribution is 5.35. The van der Waals surface area contributed by atoms with E-state index in [1.54, 1.807) is 12.1 Å². The normalized spacial score (nSPS) is 19.8. The van der Waals surface area contributed by atoms with Crippen molar-refractivity contribution in [3.8, 4) is 5.75 Å². The molecule has 0 radical (unpaired) electrons. The van der Waals surface area contributed by atoms with Crippen LogP contribution in [0.25, 0.3) is 0 Å². The van der Waals surface area contributed by atoms with Gasteiger partial charge in [-0.25, -0.2) is 0 Å². The van der Waals surface area contributed by atoms with E-state index < -0.39 is 4.92 Å². The Kier molecular flexibility index (Phi) is 5.35. The Labute approximate surface area is 119 Å². The average Bonchev–Trinajstić information content (AvgIpc) is 2.46. The average molecular weight is 278 g/mol. The number of rotatable bonds is 6. The maximum absolute atomic E-state index is 10.5. The fraction of sp³-hybridized carbons (Fsp3) is 0.600. The third-order valence-corrected chi connectivity index (χ3v) is 3.85. The lowest BCUT2D eigenvalue weighted by molar-refractivity contribution is -0.384. The molecule has 1 aromatic rings. The predicted molar refractivity (Wildman–Crippen MR) is 78.1 cm³/mol. The van der Waals surface area contributed by atoms with Gasteiger partial charge >= 0.3 is 0 Å². The molecule has 5 nitrogen and oxygen atoms in total. The summed E-state index contributed by atoms with van der Waals surface area (Å²) >= 11 is 0. The fourth-order valence-corrected chi connectivity index (χ4v) is 2.61. The molecule has 1 fully saturated rings. The second-order valence-electron chi connectivity index (χ2n) is 5.33. The summed E-state index contributed by atoms with van der Waals surface area (Å²) < 4.78 is 5.62. The van der Waals surface area contributed by atoms with Crippen molar-refractivity contribution in [2.45, 2.75) is 38.6 Å². The zero-order chi connectivity index (χ0) is 14.4. The predicted octanol–water partition coefficient (Wildman–Crippen LogP) is 3.24. The van der Waals surface area contributed by atoms with Crippen LogP contribution < -0.4 is 4.74 Å². The minimum atomic E-state index is -0.401. The van der Waals surface area contributed by atoms with Crippen LogP contribution in [-0.4, -0.2) is 35.6 Å². The van der Waals surface area contributed by atoms with E-state index in [0.717, 1.165) is 13.0 Å². The number of ether oxygens (including phenoxy) is 1. The molecule has 0 spiro atoms. The third kappa shape index (κ3) is 4.20. The van der Waals surface area contributed by atoms with Gasteiger partial charge in [0.1, 0.15) is 5.75 Å². The smallest absolute Gasteiger partial charge is 0.269 e. The van der Waals surface area contributed by atoms with E-state index in [4.69, 9.17) is 4.74 Å². The standard InChI is InChI=1S/C15H22N2O3/c1-13-5-2-3-10-16(13)11-4-12-20-15-8-6-14(7-9-15)17(18)19/h6-9,13H,2-5,10-12H2,1H3. The highest BCUT2D eigenvalue weighted by Crippen LogP contribution is 2.18. The first-order valence-corrected chi connectivity index (χ1v) is 7.28. The van der Waals surface area contributed by atoms with E-state index in [1.807, 2.05) is 0 Å². The number of benzene rings is 1. The SMILES string of the molecule is CC1CCCCN1CCCOc1ccc([N+](=O)[O-])cc1.